The molecule has 6 heteroatoms. The van der Waals surface area contributed by atoms with Crippen LogP contribution in [-0.4, -0.2) is 26.1 Å². The van der Waals surface area contributed by atoms with Gasteiger partial charge in [-0.05, 0) is 85.3 Å². The summed E-state index contributed by atoms with van der Waals surface area (Å²) in [5.74, 6) is 0.776. The zero-order valence-corrected chi connectivity index (χ0v) is 17.9. The number of hydrogen-bond donors (Lipinski definition) is 2. The van der Waals surface area contributed by atoms with Crippen molar-refractivity contribution in [2.45, 2.75) is 43.9 Å². The van der Waals surface area contributed by atoms with E-state index in [9.17, 15) is 8.42 Å². The van der Waals surface area contributed by atoms with Crippen LogP contribution in [-0.2, 0) is 16.5 Å². The van der Waals surface area contributed by atoms with Crippen LogP contribution in [0, 0.1) is 6.92 Å². The summed E-state index contributed by atoms with van der Waals surface area (Å²) in [4.78, 5) is -0.0666. The number of rotatable bonds is 3. The van der Waals surface area contributed by atoms with Crippen molar-refractivity contribution < 1.29 is 13.0 Å². The van der Waals surface area contributed by atoms with E-state index in [4.69, 9.17) is 4.55 Å². The van der Waals surface area contributed by atoms with Crippen molar-refractivity contribution in [2.24, 2.45) is 0 Å². The van der Waals surface area contributed by atoms with Crippen molar-refractivity contribution in [3.05, 3.63) is 64.5 Å². The van der Waals surface area contributed by atoms with Gasteiger partial charge in [-0.25, -0.2) is 0 Å². The van der Waals surface area contributed by atoms with Crippen LogP contribution in [0.15, 0.2) is 52.7 Å². The van der Waals surface area contributed by atoms with Crippen molar-refractivity contribution in [3.63, 3.8) is 0 Å². The van der Waals surface area contributed by atoms with Crippen molar-refractivity contribution in [3.8, 4) is 0 Å². The van der Waals surface area contributed by atoms with E-state index in [1.54, 1.807) is 23.1 Å². The van der Waals surface area contributed by atoms with Gasteiger partial charge in [0.05, 0.1) is 4.90 Å². The van der Waals surface area contributed by atoms with Crippen molar-refractivity contribution >= 4 is 31.5 Å². The fourth-order valence-corrected chi connectivity index (χ4v) is 5.19. The molecular weight excluding hydrogens is 390 g/mol. The first kappa shape index (κ1) is 21.0. The van der Waals surface area contributed by atoms with Gasteiger partial charge in [0.1, 0.15) is 0 Å². The Balaban J connectivity index is 0.000000178. The third-order valence-electron chi connectivity index (χ3n) is 5.19. The predicted octanol–water partition coefficient (Wildman–Crippen LogP) is 5.17. The number of benzene rings is 2. The molecule has 0 spiro atoms. The van der Waals surface area contributed by atoms with Crippen LogP contribution in [0.1, 0.15) is 42.4 Å². The molecule has 150 valence electrons. The van der Waals surface area contributed by atoms with E-state index >= 15 is 0 Å². The van der Waals surface area contributed by atoms with Crippen LogP contribution in [0.5, 0.6) is 0 Å². The lowest BCUT2D eigenvalue weighted by atomic mass is 9.88. The lowest BCUT2D eigenvalue weighted by molar-refractivity contribution is 0.463. The zero-order chi connectivity index (χ0) is 20.1. The van der Waals surface area contributed by atoms with E-state index in [2.05, 4.69) is 35.8 Å². The summed E-state index contributed by atoms with van der Waals surface area (Å²) in [6.07, 6.45) is 3.74. The minimum Gasteiger partial charge on any atom is -0.317 e. The van der Waals surface area contributed by atoms with E-state index in [0.717, 1.165) is 17.9 Å². The average molecular weight is 418 g/mol. The van der Waals surface area contributed by atoms with Gasteiger partial charge in [0, 0.05) is 4.70 Å². The third-order valence-corrected chi connectivity index (χ3v) is 7.03. The average Bonchev–Trinajstić information content (AvgIpc) is 3.13. The number of hydrogen-bond acceptors (Lipinski definition) is 4. The smallest absolute Gasteiger partial charge is 0.294 e. The first-order valence-corrected chi connectivity index (χ1v) is 12.0. The summed E-state index contributed by atoms with van der Waals surface area (Å²) in [6, 6.07) is 12.7. The van der Waals surface area contributed by atoms with Crippen LogP contribution in [0.25, 0.3) is 10.1 Å². The van der Waals surface area contributed by atoms with Crippen molar-refractivity contribution in [1.82, 2.24) is 5.32 Å². The highest BCUT2D eigenvalue weighted by atomic mass is 32.2. The Kier molecular flexibility index (Phi) is 6.88. The number of thiophene rings is 1. The molecule has 1 aliphatic rings. The summed E-state index contributed by atoms with van der Waals surface area (Å²) in [5.41, 5.74) is 4.10. The summed E-state index contributed by atoms with van der Waals surface area (Å²) < 4.78 is 31.0. The fourth-order valence-electron chi connectivity index (χ4n) is 3.63. The fraction of sp³-hybridized carbons (Fsp3) is 0.364. The van der Waals surface area contributed by atoms with Gasteiger partial charge in [0.15, 0.2) is 0 Å². The van der Waals surface area contributed by atoms with Gasteiger partial charge in [-0.15, -0.1) is 11.3 Å². The lowest BCUT2D eigenvalue weighted by Crippen LogP contribution is -2.26. The molecule has 4 rings (SSSR count). The number of piperidine rings is 1. The Morgan fingerprint density at radius 3 is 2.39 bits per heavy atom. The molecule has 28 heavy (non-hydrogen) atoms. The second-order valence-electron chi connectivity index (χ2n) is 7.15. The molecule has 0 bridgehead atoms. The summed E-state index contributed by atoms with van der Waals surface area (Å²) in [7, 11) is -4.02. The standard InChI is InChI=1S/C15H19NS.C7H8O3S/c1-2-11-4-3-5-14-15(11)13(10-17-14)12-6-8-16-9-7-12;1-6-2-4-7(5-3-6)11(8,9)10/h3-5,10,12,16H,2,6-9H2,1H3;2-5H,1H3,(H,8,9,10). The second kappa shape index (κ2) is 9.18. The van der Waals surface area contributed by atoms with Crippen LogP contribution >= 0.6 is 11.3 Å². The molecule has 0 amide bonds. The van der Waals surface area contributed by atoms with E-state index in [-0.39, 0.29) is 4.90 Å². The first-order valence-electron chi connectivity index (χ1n) is 9.64. The predicted molar refractivity (Wildman–Crippen MR) is 117 cm³/mol. The molecule has 0 unspecified atom stereocenters. The van der Waals surface area contributed by atoms with E-state index in [0.29, 0.717) is 0 Å². The van der Waals surface area contributed by atoms with Gasteiger partial charge in [-0.1, -0.05) is 36.8 Å². The molecule has 3 aromatic rings. The Labute approximate surface area is 171 Å². The SMILES string of the molecule is CCc1cccc2scc(C3CCNCC3)c12.Cc1ccc(S(=O)(=O)O)cc1. The number of aryl methyl sites for hydroxylation is 2. The zero-order valence-electron chi connectivity index (χ0n) is 16.3. The van der Waals surface area contributed by atoms with Crippen LogP contribution in [0.3, 0.4) is 0 Å². The molecule has 0 saturated carbocycles. The molecular formula is C22H27NO3S2. The number of nitrogens with one attached hydrogen (secondary N) is 1. The van der Waals surface area contributed by atoms with Crippen molar-refractivity contribution in [1.29, 1.82) is 0 Å². The summed E-state index contributed by atoms with van der Waals surface area (Å²) in [6.45, 7) is 6.46. The van der Waals surface area contributed by atoms with Gasteiger partial charge in [-0.3, -0.25) is 4.55 Å². The van der Waals surface area contributed by atoms with E-state index < -0.39 is 10.1 Å². The maximum atomic E-state index is 10.5. The largest absolute Gasteiger partial charge is 0.317 e. The highest BCUT2D eigenvalue weighted by Crippen LogP contribution is 2.37. The molecule has 1 fully saturated rings. The molecule has 4 nitrogen and oxygen atoms in total. The van der Waals surface area contributed by atoms with Gasteiger partial charge < -0.3 is 5.32 Å². The topological polar surface area (TPSA) is 66.4 Å². The Hall–Kier alpha value is -1.73. The maximum absolute atomic E-state index is 10.5. The summed E-state index contributed by atoms with van der Waals surface area (Å²) >= 11 is 1.92. The molecule has 0 aliphatic carbocycles. The highest BCUT2D eigenvalue weighted by Gasteiger charge is 2.19. The van der Waals surface area contributed by atoms with Gasteiger partial charge in [-0.2, -0.15) is 8.42 Å². The third kappa shape index (κ3) is 5.00. The monoisotopic (exact) mass is 417 g/mol. The van der Waals surface area contributed by atoms with E-state index in [1.807, 2.05) is 18.3 Å². The minimum atomic E-state index is -4.02. The molecule has 2 aromatic carbocycles. The lowest BCUT2D eigenvalue weighted by Gasteiger charge is -2.22. The normalized spacial score (nSPS) is 15.2. The second-order valence-corrected chi connectivity index (χ2v) is 9.48. The Morgan fingerprint density at radius 1 is 1.11 bits per heavy atom. The molecule has 1 aliphatic heterocycles. The van der Waals surface area contributed by atoms with Crippen molar-refractivity contribution in [2.75, 3.05) is 13.1 Å². The highest BCUT2D eigenvalue weighted by molar-refractivity contribution is 7.85. The quantitative estimate of drug-likeness (QED) is 0.577. The first-order chi connectivity index (χ1) is 13.4. The maximum Gasteiger partial charge on any atom is 0.294 e. The molecule has 0 atom stereocenters. The molecule has 2 N–H and O–H groups in total. The van der Waals surface area contributed by atoms with Crippen LogP contribution in [0.2, 0.25) is 0 Å². The molecule has 0 radical (unpaired) electrons. The van der Waals surface area contributed by atoms with Gasteiger partial charge >= 0.3 is 0 Å². The molecule has 1 aromatic heterocycles. The Morgan fingerprint density at radius 2 is 1.79 bits per heavy atom. The van der Waals surface area contributed by atoms with Crippen LogP contribution in [0.4, 0.5) is 0 Å². The van der Waals surface area contributed by atoms with Gasteiger partial charge in [0.25, 0.3) is 10.1 Å². The molecule has 2 heterocycles. The Bertz CT molecular complexity index is 1020. The minimum absolute atomic E-state index is 0.0666. The van der Waals surface area contributed by atoms with Gasteiger partial charge in [0.2, 0.25) is 0 Å². The molecule has 1 saturated heterocycles. The van der Waals surface area contributed by atoms with E-state index in [1.165, 1.54) is 48.3 Å². The van der Waals surface area contributed by atoms with Crippen LogP contribution < -0.4 is 5.32 Å². The number of fused-ring (bicyclic) bond motifs is 1. The summed E-state index contributed by atoms with van der Waals surface area (Å²) in [5, 5.41) is 7.42.